The lowest BCUT2D eigenvalue weighted by Gasteiger charge is -2.20. The molecule has 0 aromatic heterocycles. The van der Waals surface area contributed by atoms with Gasteiger partial charge in [-0.25, -0.2) is 0 Å². The summed E-state index contributed by atoms with van der Waals surface area (Å²) in [7, 11) is 0. The van der Waals surface area contributed by atoms with Crippen molar-refractivity contribution in [3.05, 3.63) is 0 Å². The van der Waals surface area contributed by atoms with Crippen molar-refractivity contribution in [1.29, 1.82) is 0 Å². The average Bonchev–Trinajstić information content (AvgIpc) is 2.13. The number of imide groups is 1. The number of rotatable bonds is 1. The molecule has 0 saturated carbocycles. The minimum Gasteiger partial charge on any atom is -0.285 e. The molecule has 0 unspecified atom stereocenters. The van der Waals surface area contributed by atoms with Gasteiger partial charge in [0.25, 0.3) is 0 Å². The predicted octanol–water partition coefficient (Wildman–Crippen LogP) is 1.18. The zero-order chi connectivity index (χ0) is 9.19. The first-order chi connectivity index (χ1) is 5.55. The van der Waals surface area contributed by atoms with Gasteiger partial charge in [0.05, 0.1) is 0 Å². The number of amides is 2. The van der Waals surface area contributed by atoms with E-state index < -0.39 is 0 Å². The lowest BCUT2D eigenvalue weighted by molar-refractivity contribution is -0.137. The van der Waals surface area contributed by atoms with Gasteiger partial charge < -0.3 is 0 Å². The minimum atomic E-state index is -0.0319. The summed E-state index contributed by atoms with van der Waals surface area (Å²) < 4.78 is 0. The number of hydrogen-bond donors (Lipinski definition) is 0. The maximum absolute atomic E-state index is 11.2. The van der Waals surface area contributed by atoms with Gasteiger partial charge >= 0.3 is 0 Å². The van der Waals surface area contributed by atoms with Crippen LogP contribution in [-0.4, -0.2) is 23.8 Å². The highest BCUT2D eigenvalue weighted by Gasteiger charge is 2.26. The number of nitrogens with zero attached hydrogens (tertiary/aromatic N) is 1. The molecule has 1 saturated heterocycles. The molecule has 0 radical (unpaired) electrons. The van der Waals surface area contributed by atoms with Crippen LogP contribution in [0.4, 0.5) is 0 Å². The van der Waals surface area contributed by atoms with E-state index in [1.54, 1.807) is 0 Å². The third kappa shape index (κ3) is 2.06. The van der Waals surface area contributed by atoms with Gasteiger partial charge in [-0.15, -0.1) is 0 Å². The Kier molecular flexibility index (Phi) is 2.50. The molecule has 0 aromatic carbocycles. The van der Waals surface area contributed by atoms with Gasteiger partial charge in [-0.2, -0.15) is 0 Å². The van der Waals surface area contributed by atoms with Gasteiger partial charge in [0.15, 0.2) is 0 Å². The standard InChI is InChI=1S/C9H15NO2/c1-9(2)4-3-8(12)10(7-11)6-5-9/h7H,3-6H2,1-2H3. The average molecular weight is 169 g/mol. The highest BCUT2D eigenvalue weighted by molar-refractivity contribution is 5.86. The van der Waals surface area contributed by atoms with Crippen LogP contribution in [0.15, 0.2) is 0 Å². The SMILES string of the molecule is CC1(C)CCC(=O)N(C=O)CC1. The summed E-state index contributed by atoms with van der Waals surface area (Å²) in [6.07, 6.45) is 2.95. The van der Waals surface area contributed by atoms with Crippen LogP contribution >= 0.6 is 0 Å². The summed E-state index contributed by atoms with van der Waals surface area (Å²) >= 11 is 0. The molecule has 68 valence electrons. The second-order valence-electron chi connectivity index (χ2n) is 4.11. The summed E-state index contributed by atoms with van der Waals surface area (Å²) in [6.45, 7) is 4.85. The van der Waals surface area contributed by atoms with Crippen molar-refractivity contribution < 1.29 is 9.59 Å². The van der Waals surface area contributed by atoms with E-state index in [1.165, 1.54) is 4.90 Å². The molecule has 0 bridgehead atoms. The van der Waals surface area contributed by atoms with Gasteiger partial charge in [-0.3, -0.25) is 14.5 Å². The van der Waals surface area contributed by atoms with Crippen molar-refractivity contribution in [1.82, 2.24) is 4.90 Å². The van der Waals surface area contributed by atoms with Gasteiger partial charge in [0.2, 0.25) is 12.3 Å². The second-order valence-corrected chi connectivity index (χ2v) is 4.11. The van der Waals surface area contributed by atoms with Crippen molar-refractivity contribution in [2.24, 2.45) is 5.41 Å². The molecule has 1 aliphatic rings. The van der Waals surface area contributed by atoms with Crippen molar-refractivity contribution in [3.8, 4) is 0 Å². The Morgan fingerprint density at radius 2 is 2.08 bits per heavy atom. The van der Waals surface area contributed by atoms with E-state index in [0.29, 0.717) is 19.4 Å². The van der Waals surface area contributed by atoms with Crippen LogP contribution in [0.2, 0.25) is 0 Å². The van der Waals surface area contributed by atoms with E-state index in [-0.39, 0.29) is 11.3 Å². The van der Waals surface area contributed by atoms with Gasteiger partial charge in [0.1, 0.15) is 0 Å². The first-order valence-corrected chi connectivity index (χ1v) is 4.30. The Balaban J connectivity index is 2.65. The van der Waals surface area contributed by atoms with Crippen LogP contribution in [0.5, 0.6) is 0 Å². The topological polar surface area (TPSA) is 37.4 Å². The fraction of sp³-hybridized carbons (Fsp3) is 0.778. The number of likely N-dealkylation sites (tertiary alicyclic amines) is 1. The molecule has 1 rings (SSSR count). The molecular weight excluding hydrogens is 154 g/mol. The summed E-state index contributed by atoms with van der Waals surface area (Å²) in [6, 6.07) is 0. The van der Waals surface area contributed by atoms with Crippen LogP contribution < -0.4 is 0 Å². The predicted molar refractivity (Wildman–Crippen MR) is 45.4 cm³/mol. The Morgan fingerprint density at radius 3 is 2.67 bits per heavy atom. The zero-order valence-corrected chi connectivity index (χ0v) is 7.67. The zero-order valence-electron chi connectivity index (χ0n) is 7.67. The van der Waals surface area contributed by atoms with Crippen LogP contribution in [0.3, 0.4) is 0 Å². The highest BCUT2D eigenvalue weighted by Crippen LogP contribution is 2.29. The minimum absolute atomic E-state index is 0.0319. The summed E-state index contributed by atoms with van der Waals surface area (Å²) in [4.78, 5) is 23.0. The van der Waals surface area contributed by atoms with Crippen molar-refractivity contribution in [2.75, 3.05) is 6.54 Å². The largest absolute Gasteiger partial charge is 0.285 e. The van der Waals surface area contributed by atoms with E-state index in [9.17, 15) is 9.59 Å². The smallest absolute Gasteiger partial charge is 0.228 e. The monoisotopic (exact) mass is 169 g/mol. The van der Waals surface area contributed by atoms with Crippen LogP contribution in [0, 0.1) is 5.41 Å². The first-order valence-electron chi connectivity index (χ1n) is 4.30. The molecule has 12 heavy (non-hydrogen) atoms. The summed E-state index contributed by atoms with van der Waals surface area (Å²) in [5.74, 6) is -0.0319. The molecule has 1 heterocycles. The molecule has 0 spiro atoms. The van der Waals surface area contributed by atoms with Gasteiger partial charge in [0, 0.05) is 13.0 Å². The molecule has 1 fully saturated rings. The van der Waals surface area contributed by atoms with E-state index >= 15 is 0 Å². The van der Waals surface area contributed by atoms with Crippen LogP contribution in [0.1, 0.15) is 33.1 Å². The van der Waals surface area contributed by atoms with Crippen LogP contribution in [0.25, 0.3) is 0 Å². The maximum atomic E-state index is 11.2. The van der Waals surface area contributed by atoms with Crippen molar-refractivity contribution in [2.45, 2.75) is 33.1 Å². The molecule has 3 heteroatoms. The van der Waals surface area contributed by atoms with Gasteiger partial charge in [-0.1, -0.05) is 13.8 Å². The Hall–Kier alpha value is -0.860. The molecule has 0 aromatic rings. The molecule has 1 aliphatic heterocycles. The van der Waals surface area contributed by atoms with Gasteiger partial charge in [-0.05, 0) is 18.3 Å². The molecule has 3 nitrogen and oxygen atoms in total. The van der Waals surface area contributed by atoms with Crippen molar-refractivity contribution in [3.63, 3.8) is 0 Å². The first kappa shape index (κ1) is 9.23. The second kappa shape index (κ2) is 3.25. The molecular formula is C9H15NO2. The van der Waals surface area contributed by atoms with Crippen LogP contribution in [-0.2, 0) is 9.59 Å². The normalized spacial score (nSPS) is 23.5. The van der Waals surface area contributed by atoms with E-state index in [1.807, 2.05) is 0 Å². The third-order valence-electron chi connectivity index (χ3n) is 2.49. The number of carbonyl (C=O) groups excluding carboxylic acids is 2. The quantitative estimate of drug-likeness (QED) is 0.553. The Morgan fingerprint density at radius 1 is 1.42 bits per heavy atom. The Labute approximate surface area is 72.7 Å². The maximum Gasteiger partial charge on any atom is 0.228 e. The number of carbonyl (C=O) groups is 2. The van der Waals surface area contributed by atoms with E-state index in [2.05, 4.69) is 13.8 Å². The fourth-order valence-electron chi connectivity index (χ4n) is 1.37. The van der Waals surface area contributed by atoms with Crippen molar-refractivity contribution >= 4 is 12.3 Å². The molecule has 2 amide bonds. The molecule has 0 N–H and O–H groups in total. The Bertz CT molecular complexity index is 199. The fourth-order valence-corrected chi connectivity index (χ4v) is 1.37. The summed E-state index contributed by atoms with van der Waals surface area (Å²) in [5.41, 5.74) is 0.202. The molecule has 0 atom stereocenters. The molecule has 0 aliphatic carbocycles. The lowest BCUT2D eigenvalue weighted by atomic mass is 9.85. The highest BCUT2D eigenvalue weighted by atomic mass is 16.2. The lowest BCUT2D eigenvalue weighted by Crippen LogP contribution is -2.28. The third-order valence-corrected chi connectivity index (χ3v) is 2.49. The summed E-state index contributed by atoms with van der Waals surface area (Å²) in [5, 5.41) is 0. The van der Waals surface area contributed by atoms with E-state index in [0.717, 1.165) is 12.8 Å². The number of hydrogen-bond acceptors (Lipinski definition) is 2. The van der Waals surface area contributed by atoms with E-state index in [4.69, 9.17) is 0 Å².